The summed E-state index contributed by atoms with van der Waals surface area (Å²) in [6.45, 7) is 2.59. The summed E-state index contributed by atoms with van der Waals surface area (Å²) in [7, 11) is 0. The van der Waals surface area contributed by atoms with Gasteiger partial charge in [-0.3, -0.25) is 9.59 Å². The van der Waals surface area contributed by atoms with Crippen molar-refractivity contribution in [2.75, 3.05) is 22.1 Å². The Kier molecular flexibility index (Phi) is 5.38. The standard InChI is InChI=1S/C19H20BrN3O2/c1-13(19(25)22-16-6-4-14(20)5-7-16)21-15-8-10-17(11-9-15)23-12-2-3-18(23)24/h4-11,13,21H,2-3,12H2,1H3,(H,22,25)/t13-/m0/s1. The molecule has 5 nitrogen and oxygen atoms in total. The Morgan fingerprint density at radius 3 is 2.32 bits per heavy atom. The van der Waals surface area contributed by atoms with Crippen LogP contribution in [0.4, 0.5) is 17.1 Å². The molecule has 1 saturated heterocycles. The molecule has 0 unspecified atom stereocenters. The topological polar surface area (TPSA) is 61.4 Å². The number of hydrogen-bond donors (Lipinski definition) is 2. The molecule has 2 amide bonds. The van der Waals surface area contributed by atoms with Crippen LogP contribution in [0.1, 0.15) is 19.8 Å². The number of nitrogens with one attached hydrogen (secondary N) is 2. The summed E-state index contributed by atoms with van der Waals surface area (Å²) >= 11 is 3.37. The first kappa shape index (κ1) is 17.5. The molecule has 130 valence electrons. The zero-order valence-electron chi connectivity index (χ0n) is 14.0. The normalized spacial score (nSPS) is 15.1. The molecular formula is C19H20BrN3O2. The molecule has 1 fully saturated rings. The first-order chi connectivity index (χ1) is 12.0. The van der Waals surface area contributed by atoms with Gasteiger partial charge in [0.25, 0.3) is 0 Å². The quantitative estimate of drug-likeness (QED) is 0.795. The first-order valence-corrected chi connectivity index (χ1v) is 9.05. The highest BCUT2D eigenvalue weighted by Crippen LogP contribution is 2.23. The highest BCUT2D eigenvalue weighted by Gasteiger charge is 2.21. The molecule has 1 heterocycles. The second-order valence-corrected chi connectivity index (χ2v) is 6.97. The molecule has 2 aromatic rings. The Balaban J connectivity index is 1.58. The van der Waals surface area contributed by atoms with Gasteiger partial charge in [-0.05, 0) is 61.9 Å². The van der Waals surface area contributed by atoms with Gasteiger partial charge in [-0.1, -0.05) is 15.9 Å². The molecule has 3 rings (SSSR count). The number of rotatable bonds is 5. The van der Waals surface area contributed by atoms with Crippen LogP contribution in [0.2, 0.25) is 0 Å². The van der Waals surface area contributed by atoms with E-state index in [1.807, 2.05) is 55.5 Å². The summed E-state index contributed by atoms with van der Waals surface area (Å²) in [5.41, 5.74) is 2.50. The maximum atomic E-state index is 12.3. The Labute approximate surface area is 155 Å². The van der Waals surface area contributed by atoms with E-state index in [0.717, 1.165) is 34.5 Å². The minimum atomic E-state index is -0.386. The van der Waals surface area contributed by atoms with Crippen molar-refractivity contribution in [3.63, 3.8) is 0 Å². The molecule has 25 heavy (non-hydrogen) atoms. The van der Waals surface area contributed by atoms with Crippen LogP contribution in [0.3, 0.4) is 0 Å². The lowest BCUT2D eigenvalue weighted by Crippen LogP contribution is -2.31. The number of carbonyl (C=O) groups excluding carboxylic acids is 2. The lowest BCUT2D eigenvalue weighted by Gasteiger charge is -2.18. The van der Waals surface area contributed by atoms with E-state index < -0.39 is 0 Å². The van der Waals surface area contributed by atoms with Gasteiger partial charge in [0, 0.05) is 34.5 Å². The van der Waals surface area contributed by atoms with E-state index in [4.69, 9.17) is 0 Å². The van der Waals surface area contributed by atoms with Crippen molar-refractivity contribution in [1.29, 1.82) is 0 Å². The van der Waals surface area contributed by atoms with E-state index in [2.05, 4.69) is 26.6 Å². The average Bonchev–Trinajstić information content (AvgIpc) is 3.03. The van der Waals surface area contributed by atoms with E-state index in [0.29, 0.717) is 6.42 Å². The molecule has 1 aliphatic heterocycles. The van der Waals surface area contributed by atoms with E-state index in [-0.39, 0.29) is 17.9 Å². The Morgan fingerprint density at radius 2 is 1.72 bits per heavy atom. The molecule has 2 aromatic carbocycles. The summed E-state index contributed by atoms with van der Waals surface area (Å²) in [4.78, 5) is 25.9. The van der Waals surface area contributed by atoms with Crippen molar-refractivity contribution in [3.8, 4) is 0 Å². The predicted molar refractivity (Wildman–Crippen MR) is 104 cm³/mol. The SMILES string of the molecule is C[C@H](Nc1ccc(N2CCCC2=O)cc1)C(=O)Nc1ccc(Br)cc1. The molecule has 0 aliphatic carbocycles. The summed E-state index contributed by atoms with van der Waals surface area (Å²) in [5, 5.41) is 6.05. The lowest BCUT2D eigenvalue weighted by molar-refractivity contribution is -0.117. The zero-order valence-corrected chi connectivity index (χ0v) is 15.5. The van der Waals surface area contributed by atoms with Crippen LogP contribution in [-0.2, 0) is 9.59 Å². The highest BCUT2D eigenvalue weighted by molar-refractivity contribution is 9.10. The number of halogens is 1. The van der Waals surface area contributed by atoms with Gasteiger partial charge in [-0.25, -0.2) is 0 Å². The lowest BCUT2D eigenvalue weighted by atomic mass is 10.2. The van der Waals surface area contributed by atoms with Crippen LogP contribution in [0.15, 0.2) is 53.0 Å². The Bertz CT molecular complexity index is 759. The highest BCUT2D eigenvalue weighted by atomic mass is 79.9. The third-order valence-corrected chi connectivity index (χ3v) is 4.67. The molecule has 0 bridgehead atoms. The Hall–Kier alpha value is -2.34. The van der Waals surface area contributed by atoms with Crippen molar-refractivity contribution in [2.24, 2.45) is 0 Å². The maximum Gasteiger partial charge on any atom is 0.246 e. The van der Waals surface area contributed by atoms with Gasteiger partial charge in [0.2, 0.25) is 11.8 Å². The van der Waals surface area contributed by atoms with E-state index in [1.165, 1.54) is 0 Å². The van der Waals surface area contributed by atoms with Gasteiger partial charge in [0.05, 0.1) is 0 Å². The number of anilines is 3. The summed E-state index contributed by atoms with van der Waals surface area (Å²) < 4.78 is 0.966. The summed E-state index contributed by atoms with van der Waals surface area (Å²) in [5.74, 6) is 0.0593. The number of hydrogen-bond acceptors (Lipinski definition) is 3. The number of carbonyl (C=O) groups is 2. The van der Waals surface area contributed by atoms with Crippen LogP contribution in [0, 0.1) is 0 Å². The Morgan fingerprint density at radius 1 is 1.08 bits per heavy atom. The van der Waals surface area contributed by atoms with Gasteiger partial charge in [0.1, 0.15) is 6.04 Å². The third kappa shape index (κ3) is 4.39. The molecule has 2 N–H and O–H groups in total. The predicted octanol–water partition coefficient (Wildman–Crippen LogP) is 4.02. The van der Waals surface area contributed by atoms with Gasteiger partial charge in [-0.15, -0.1) is 0 Å². The van der Waals surface area contributed by atoms with Gasteiger partial charge >= 0.3 is 0 Å². The second-order valence-electron chi connectivity index (χ2n) is 6.06. The zero-order chi connectivity index (χ0) is 17.8. The minimum absolute atomic E-state index is 0.110. The molecule has 1 atom stereocenters. The van der Waals surface area contributed by atoms with Gasteiger partial charge < -0.3 is 15.5 Å². The number of nitrogens with zero attached hydrogens (tertiary/aromatic N) is 1. The maximum absolute atomic E-state index is 12.3. The first-order valence-electron chi connectivity index (χ1n) is 8.26. The largest absolute Gasteiger partial charge is 0.374 e. The summed E-state index contributed by atoms with van der Waals surface area (Å²) in [6.07, 6.45) is 1.53. The fourth-order valence-electron chi connectivity index (χ4n) is 2.76. The molecule has 6 heteroatoms. The third-order valence-electron chi connectivity index (χ3n) is 4.14. The van der Waals surface area contributed by atoms with Crippen LogP contribution in [0.5, 0.6) is 0 Å². The molecule has 0 saturated carbocycles. The van der Waals surface area contributed by atoms with Crippen molar-refractivity contribution in [3.05, 3.63) is 53.0 Å². The molecule has 1 aliphatic rings. The van der Waals surface area contributed by atoms with Crippen molar-refractivity contribution < 1.29 is 9.59 Å². The monoisotopic (exact) mass is 401 g/mol. The van der Waals surface area contributed by atoms with Crippen LogP contribution >= 0.6 is 15.9 Å². The van der Waals surface area contributed by atoms with E-state index in [1.54, 1.807) is 4.90 Å². The van der Waals surface area contributed by atoms with Crippen LogP contribution < -0.4 is 15.5 Å². The molecule has 0 spiro atoms. The minimum Gasteiger partial charge on any atom is -0.374 e. The average molecular weight is 402 g/mol. The van der Waals surface area contributed by atoms with Gasteiger partial charge in [0.15, 0.2) is 0 Å². The molecular weight excluding hydrogens is 382 g/mol. The number of amides is 2. The van der Waals surface area contributed by atoms with E-state index in [9.17, 15) is 9.59 Å². The fraction of sp³-hybridized carbons (Fsp3) is 0.263. The molecule has 0 radical (unpaired) electrons. The van der Waals surface area contributed by atoms with Gasteiger partial charge in [-0.2, -0.15) is 0 Å². The van der Waals surface area contributed by atoms with Crippen molar-refractivity contribution in [2.45, 2.75) is 25.8 Å². The molecule has 0 aromatic heterocycles. The van der Waals surface area contributed by atoms with Crippen LogP contribution in [-0.4, -0.2) is 24.4 Å². The van der Waals surface area contributed by atoms with E-state index >= 15 is 0 Å². The fourth-order valence-corrected chi connectivity index (χ4v) is 3.02. The van der Waals surface area contributed by atoms with Crippen LogP contribution in [0.25, 0.3) is 0 Å². The number of benzene rings is 2. The summed E-state index contributed by atoms with van der Waals surface area (Å²) in [6, 6.07) is 14.7. The van der Waals surface area contributed by atoms with Crippen molar-refractivity contribution >= 4 is 44.8 Å². The second kappa shape index (κ2) is 7.70. The van der Waals surface area contributed by atoms with Crippen molar-refractivity contribution in [1.82, 2.24) is 0 Å². The smallest absolute Gasteiger partial charge is 0.246 e.